The van der Waals surface area contributed by atoms with E-state index in [1.165, 1.54) is 12.3 Å². The van der Waals surface area contributed by atoms with Crippen LogP contribution in [-0.4, -0.2) is 42.8 Å². The summed E-state index contributed by atoms with van der Waals surface area (Å²) in [6.45, 7) is 4.71. The third-order valence-corrected chi connectivity index (χ3v) is 2.40. The fraction of sp³-hybridized carbons (Fsp3) is 0.545. The van der Waals surface area contributed by atoms with E-state index in [-0.39, 0.29) is 5.56 Å². The molecule has 0 bridgehead atoms. The molecule has 0 atom stereocenters. The van der Waals surface area contributed by atoms with Crippen LogP contribution in [0.15, 0.2) is 16.7 Å². The largest absolute Gasteiger partial charge is 0.478 e. The lowest BCUT2D eigenvalue weighted by Crippen LogP contribution is -2.27. The second-order valence-corrected chi connectivity index (χ2v) is 3.42. The first-order valence-electron chi connectivity index (χ1n) is 5.20. The van der Waals surface area contributed by atoms with Crippen LogP contribution < -0.4 is 0 Å². The number of rotatable bonds is 7. The lowest BCUT2D eigenvalue weighted by molar-refractivity contribution is 0.0692. The first kappa shape index (κ1) is 12.7. The molecule has 16 heavy (non-hydrogen) atoms. The predicted molar refractivity (Wildman–Crippen MR) is 58.5 cm³/mol. The smallest absolute Gasteiger partial charge is 0.339 e. The maximum absolute atomic E-state index is 10.9. The Kier molecular flexibility index (Phi) is 5.01. The summed E-state index contributed by atoms with van der Waals surface area (Å²) in [5, 5.41) is 8.91. The number of furan rings is 1. The summed E-state index contributed by atoms with van der Waals surface area (Å²) in [7, 11) is 1.64. The average molecular weight is 227 g/mol. The molecule has 1 heterocycles. The number of likely N-dealkylation sites (N-methyl/N-ethyl adjacent to an activating group) is 1. The van der Waals surface area contributed by atoms with E-state index >= 15 is 0 Å². The summed E-state index contributed by atoms with van der Waals surface area (Å²) in [5.41, 5.74) is 0.232. The molecule has 1 N–H and O–H groups in total. The number of hydrogen-bond acceptors (Lipinski definition) is 4. The lowest BCUT2D eigenvalue weighted by Gasteiger charge is -2.18. The molecule has 1 rings (SSSR count). The van der Waals surface area contributed by atoms with Gasteiger partial charge in [-0.1, -0.05) is 6.92 Å². The minimum absolute atomic E-state index is 0.232. The minimum Gasteiger partial charge on any atom is -0.478 e. The summed E-state index contributed by atoms with van der Waals surface area (Å²) in [6, 6.07) is 1.47. The van der Waals surface area contributed by atoms with Gasteiger partial charge in [0.25, 0.3) is 0 Å². The van der Waals surface area contributed by atoms with Gasteiger partial charge in [-0.05, 0) is 12.6 Å². The highest BCUT2D eigenvalue weighted by atomic mass is 16.5. The van der Waals surface area contributed by atoms with Gasteiger partial charge < -0.3 is 14.3 Å². The van der Waals surface area contributed by atoms with Crippen LogP contribution in [0.3, 0.4) is 0 Å². The van der Waals surface area contributed by atoms with Crippen LogP contribution >= 0.6 is 0 Å². The highest BCUT2D eigenvalue weighted by molar-refractivity contribution is 5.88. The van der Waals surface area contributed by atoms with Gasteiger partial charge in [0.2, 0.25) is 0 Å². The fourth-order valence-electron chi connectivity index (χ4n) is 1.43. The maximum Gasteiger partial charge on any atom is 0.339 e. The van der Waals surface area contributed by atoms with Crippen LogP contribution in [0, 0.1) is 0 Å². The molecule has 0 aliphatic carbocycles. The molecule has 0 aromatic carbocycles. The summed E-state index contributed by atoms with van der Waals surface area (Å²) in [6.07, 6.45) is 1.41. The third-order valence-electron chi connectivity index (χ3n) is 2.40. The third kappa shape index (κ3) is 3.36. The van der Waals surface area contributed by atoms with Crippen molar-refractivity contribution in [3.63, 3.8) is 0 Å². The van der Waals surface area contributed by atoms with Gasteiger partial charge >= 0.3 is 5.97 Å². The summed E-state index contributed by atoms with van der Waals surface area (Å²) >= 11 is 0. The Morgan fingerprint density at radius 2 is 2.38 bits per heavy atom. The van der Waals surface area contributed by atoms with Crippen LogP contribution in [0.2, 0.25) is 0 Å². The Balaban J connectivity index is 2.62. The van der Waals surface area contributed by atoms with E-state index in [1.54, 1.807) is 7.11 Å². The van der Waals surface area contributed by atoms with E-state index in [2.05, 4.69) is 4.90 Å². The molecule has 0 saturated carbocycles. The number of carbonyl (C=O) groups is 1. The van der Waals surface area contributed by atoms with Crippen molar-refractivity contribution in [1.29, 1.82) is 0 Å². The van der Waals surface area contributed by atoms with Gasteiger partial charge in [-0.25, -0.2) is 4.79 Å². The van der Waals surface area contributed by atoms with Crippen molar-refractivity contribution in [2.45, 2.75) is 13.5 Å². The number of ether oxygens (including phenoxy) is 1. The van der Waals surface area contributed by atoms with Crippen LogP contribution in [0.25, 0.3) is 0 Å². The van der Waals surface area contributed by atoms with Gasteiger partial charge in [0.05, 0.1) is 19.4 Å². The van der Waals surface area contributed by atoms with Gasteiger partial charge in [-0.3, -0.25) is 4.90 Å². The number of carboxylic acids is 1. The molecule has 5 nitrogen and oxygen atoms in total. The van der Waals surface area contributed by atoms with Gasteiger partial charge in [0.15, 0.2) is 0 Å². The summed E-state index contributed by atoms with van der Waals surface area (Å²) < 4.78 is 10.2. The molecule has 1 aromatic rings. The van der Waals surface area contributed by atoms with Crippen molar-refractivity contribution in [3.8, 4) is 0 Å². The van der Waals surface area contributed by atoms with Crippen LogP contribution in [0.4, 0.5) is 0 Å². The van der Waals surface area contributed by atoms with E-state index in [4.69, 9.17) is 14.3 Å². The van der Waals surface area contributed by atoms with Crippen molar-refractivity contribution in [2.75, 3.05) is 26.8 Å². The Morgan fingerprint density at radius 3 is 2.94 bits per heavy atom. The number of aromatic carboxylic acids is 1. The van der Waals surface area contributed by atoms with Crippen molar-refractivity contribution in [2.24, 2.45) is 0 Å². The average Bonchev–Trinajstić information content (AvgIpc) is 2.72. The number of hydrogen-bond donors (Lipinski definition) is 1. The quantitative estimate of drug-likeness (QED) is 0.763. The van der Waals surface area contributed by atoms with Crippen molar-refractivity contribution >= 4 is 5.97 Å². The van der Waals surface area contributed by atoms with E-state index in [0.717, 1.165) is 13.1 Å². The Labute approximate surface area is 94.6 Å². The molecule has 0 aliphatic heterocycles. The monoisotopic (exact) mass is 227 g/mol. The van der Waals surface area contributed by atoms with E-state index < -0.39 is 5.97 Å². The molecule has 0 aliphatic rings. The molecule has 0 saturated heterocycles. The van der Waals surface area contributed by atoms with Crippen molar-refractivity contribution in [1.82, 2.24) is 4.90 Å². The van der Waals surface area contributed by atoms with Gasteiger partial charge in [-0.2, -0.15) is 0 Å². The van der Waals surface area contributed by atoms with Crippen molar-refractivity contribution in [3.05, 3.63) is 23.7 Å². The van der Waals surface area contributed by atoms with E-state index in [9.17, 15) is 4.79 Å². The number of methoxy groups -OCH3 is 1. The normalized spacial score (nSPS) is 10.9. The maximum atomic E-state index is 10.9. The highest BCUT2D eigenvalue weighted by Gasteiger charge is 2.15. The van der Waals surface area contributed by atoms with Gasteiger partial charge in [-0.15, -0.1) is 0 Å². The molecule has 0 unspecified atom stereocenters. The molecule has 1 aromatic heterocycles. The van der Waals surface area contributed by atoms with Gasteiger partial charge in [0.1, 0.15) is 11.3 Å². The second-order valence-electron chi connectivity index (χ2n) is 3.42. The first-order chi connectivity index (χ1) is 7.69. The number of nitrogens with zero attached hydrogens (tertiary/aromatic N) is 1. The zero-order valence-corrected chi connectivity index (χ0v) is 9.60. The first-order valence-corrected chi connectivity index (χ1v) is 5.20. The topological polar surface area (TPSA) is 62.9 Å². The van der Waals surface area contributed by atoms with Crippen molar-refractivity contribution < 1.29 is 19.1 Å². The number of carboxylic acid groups (broad SMARTS) is 1. The SMILES string of the molecule is CCN(CCOC)Cc1occc1C(=O)O. The molecular formula is C11H17NO4. The Bertz CT molecular complexity index is 334. The zero-order valence-electron chi connectivity index (χ0n) is 9.60. The van der Waals surface area contributed by atoms with Crippen LogP contribution in [0.1, 0.15) is 23.0 Å². The Hall–Kier alpha value is -1.33. The summed E-state index contributed by atoms with van der Waals surface area (Å²) in [4.78, 5) is 12.9. The Morgan fingerprint density at radius 1 is 1.62 bits per heavy atom. The minimum atomic E-state index is -0.952. The van der Waals surface area contributed by atoms with E-state index in [1.807, 2.05) is 6.92 Å². The zero-order chi connectivity index (χ0) is 12.0. The second kappa shape index (κ2) is 6.30. The molecule has 0 amide bonds. The van der Waals surface area contributed by atoms with Crippen LogP contribution in [-0.2, 0) is 11.3 Å². The lowest BCUT2D eigenvalue weighted by atomic mass is 10.2. The fourth-order valence-corrected chi connectivity index (χ4v) is 1.43. The van der Waals surface area contributed by atoms with Crippen LogP contribution in [0.5, 0.6) is 0 Å². The standard InChI is InChI=1S/C11H17NO4/c1-3-12(5-7-15-2)8-10-9(11(13)14)4-6-16-10/h4,6H,3,5,7-8H2,1-2H3,(H,13,14). The molecule has 0 spiro atoms. The molecule has 90 valence electrons. The molecular weight excluding hydrogens is 210 g/mol. The predicted octanol–water partition coefficient (Wildman–Crippen LogP) is 1.45. The summed E-state index contributed by atoms with van der Waals surface area (Å²) in [5.74, 6) is -0.461. The van der Waals surface area contributed by atoms with Gasteiger partial charge in [0, 0.05) is 13.7 Å². The molecule has 0 radical (unpaired) electrons. The molecule has 0 fully saturated rings. The van der Waals surface area contributed by atoms with E-state index in [0.29, 0.717) is 18.9 Å². The molecule has 5 heteroatoms. The highest BCUT2D eigenvalue weighted by Crippen LogP contribution is 2.13.